The van der Waals surface area contributed by atoms with Crippen molar-refractivity contribution in [2.75, 3.05) is 19.6 Å². The first kappa shape index (κ1) is 14.8. The highest BCUT2D eigenvalue weighted by Gasteiger charge is 2.37. The normalized spacial score (nSPS) is 20.8. The molecule has 0 aromatic heterocycles. The summed E-state index contributed by atoms with van der Waals surface area (Å²) in [5.74, 6) is -1.15. The van der Waals surface area contributed by atoms with Crippen LogP contribution in [-0.4, -0.2) is 43.3 Å². The van der Waals surface area contributed by atoms with Gasteiger partial charge in [0.15, 0.2) is 4.90 Å². The second-order valence-corrected chi connectivity index (χ2v) is 6.37. The summed E-state index contributed by atoms with van der Waals surface area (Å²) < 4.78 is 39.7. The first-order chi connectivity index (χ1) is 9.35. The number of rotatable bonds is 3. The third-order valence-corrected chi connectivity index (χ3v) is 5.20. The quantitative estimate of drug-likeness (QED) is 0.656. The lowest BCUT2D eigenvalue weighted by molar-refractivity contribution is -0.390. The molecular formula is C11H14FN3O4S. The lowest BCUT2D eigenvalue weighted by Crippen LogP contribution is -2.52. The predicted octanol–water partition coefficient (Wildman–Crippen LogP) is 0.716. The van der Waals surface area contributed by atoms with Crippen LogP contribution >= 0.6 is 0 Å². The number of nitro groups is 1. The molecule has 1 heterocycles. The lowest BCUT2D eigenvalue weighted by Gasteiger charge is -2.32. The van der Waals surface area contributed by atoms with Gasteiger partial charge in [0.05, 0.1) is 4.92 Å². The van der Waals surface area contributed by atoms with Gasteiger partial charge in [-0.3, -0.25) is 10.1 Å². The second kappa shape index (κ2) is 5.43. The topological polar surface area (TPSA) is 92.6 Å². The molecule has 0 aliphatic carbocycles. The fourth-order valence-electron chi connectivity index (χ4n) is 2.19. The molecule has 0 bridgehead atoms. The molecule has 1 aromatic carbocycles. The maximum Gasteiger partial charge on any atom is 0.324 e. The molecule has 9 heteroatoms. The number of nitrogens with one attached hydrogen (secondary N) is 1. The van der Waals surface area contributed by atoms with E-state index in [1.807, 2.05) is 0 Å². The van der Waals surface area contributed by atoms with Gasteiger partial charge in [0.1, 0.15) is 0 Å². The molecule has 1 aliphatic rings. The molecule has 1 atom stereocenters. The van der Waals surface area contributed by atoms with E-state index in [1.165, 1.54) is 0 Å². The van der Waals surface area contributed by atoms with Crippen LogP contribution in [0.1, 0.15) is 6.92 Å². The largest absolute Gasteiger partial charge is 0.324 e. The Morgan fingerprint density at radius 2 is 2.20 bits per heavy atom. The van der Waals surface area contributed by atoms with E-state index in [1.54, 1.807) is 6.92 Å². The predicted molar refractivity (Wildman–Crippen MR) is 69.3 cm³/mol. The first-order valence-electron chi connectivity index (χ1n) is 6.01. The number of nitro benzene ring substituents is 1. The minimum atomic E-state index is -4.10. The standard InChI is InChI=1S/C11H14FN3O4S/c1-8-7-13-5-6-14(8)20(18,19)10-4-2-3-9(12)11(10)15(16)17/h2-4,8,13H,5-7H2,1H3/t8-/m1/s1. The molecule has 0 radical (unpaired) electrons. The van der Waals surface area contributed by atoms with E-state index >= 15 is 0 Å². The van der Waals surface area contributed by atoms with Crippen molar-refractivity contribution in [3.63, 3.8) is 0 Å². The fourth-order valence-corrected chi connectivity index (χ4v) is 3.99. The van der Waals surface area contributed by atoms with Gasteiger partial charge in [0, 0.05) is 25.7 Å². The van der Waals surface area contributed by atoms with E-state index in [2.05, 4.69) is 5.32 Å². The van der Waals surface area contributed by atoms with Gasteiger partial charge < -0.3 is 5.32 Å². The van der Waals surface area contributed by atoms with Gasteiger partial charge >= 0.3 is 5.69 Å². The SMILES string of the molecule is C[C@@H]1CNCCN1S(=O)(=O)c1cccc(F)c1[N+](=O)[O-]. The van der Waals surface area contributed by atoms with Crippen LogP contribution in [-0.2, 0) is 10.0 Å². The molecule has 1 aliphatic heterocycles. The number of piperazine rings is 1. The highest BCUT2D eigenvalue weighted by atomic mass is 32.2. The van der Waals surface area contributed by atoms with E-state index in [0.717, 1.165) is 22.5 Å². The van der Waals surface area contributed by atoms with E-state index in [0.29, 0.717) is 13.1 Å². The van der Waals surface area contributed by atoms with E-state index in [4.69, 9.17) is 0 Å². The average Bonchev–Trinajstić information content (AvgIpc) is 2.38. The van der Waals surface area contributed by atoms with Gasteiger partial charge in [-0.05, 0) is 19.1 Å². The molecule has 0 unspecified atom stereocenters. The zero-order valence-electron chi connectivity index (χ0n) is 10.7. The summed E-state index contributed by atoms with van der Waals surface area (Å²) in [7, 11) is -4.10. The third-order valence-electron chi connectivity index (χ3n) is 3.16. The Morgan fingerprint density at radius 1 is 1.50 bits per heavy atom. The molecule has 1 aromatic rings. The van der Waals surface area contributed by atoms with Crippen LogP contribution < -0.4 is 5.32 Å². The number of nitrogens with zero attached hydrogens (tertiary/aromatic N) is 2. The smallest absolute Gasteiger partial charge is 0.314 e. The second-order valence-electron chi connectivity index (χ2n) is 4.51. The molecule has 110 valence electrons. The number of hydrogen-bond acceptors (Lipinski definition) is 5. The summed E-state index contributed by atoms with van der Waals surface area (Å²) >= 11 is 0. The lowest BCUT2D eigenvalue weighted by atomic mass is 10.3. The zero-order chi connectivity index (χ0) is 14.9. The molecule has 20 heavy (non-hydrogen) atoms. The summed E-state index contributed by atoms with van der Waals surface area (Å²) in [6.07, 6.45) is 0. The molecule has 0 saturated carbocycles. The number of sulfonamides is 1. The van der Waals surface area contributed by atoms with Gasteiger partial charge in [-0.15, -0.1) is 0 Å². The Labute approximate surface area is 115 Å². The highest BCUT2D eigenvalue weighted by molar-refractivity contribution is 7.89. The summed E-state index contributed by atoms with van der Waals surface area (Å²) in [4.78, 5) is 9.32. The van der Waals surface area contributed by atoms with Gasteiger partial charge in [0.25, 0.3) is 0 Å². The van der Waals surface area contributed by atoms with Gasteiger partial charge in [-0.1, -0.05) is 6.07 Å². The molecule has 1 N–H and O–H groups in total. The Hall–Kier alpha value is -1.58. The molecule has 0 amide bonds. The van der Waals surface area contributed by atoms with Crippen LogP contribution in [0.4, 0.5) is 10.1 Å². The Bertz CT molecular complexity index is 635. The maximum atomic E-state index is 13.6. The third kappa shape index (κ3) is 2.51. The van der Waals surface area contributed by atoms with Crippen molar-refractivity contribution >= 4 is 15.7 Å². The van der Waals surface area contributed by atoms with Gasteiger partial charge in [-0.2, -0.15) is 8.70 Å². The minimum Gasteiger partial charge on any atom is -0.314 e. The first-order valence-corrected chi connectivity index (χ1v) is 7.45. The van der Waals surface area contributed by atoms with Crippen LogP contribution in [0.5, 0.6) is 0 Å². The summed E-state index contributed by atoms with van der Waals surface area (Å²) in [5.41, 5.74) is -1.00. The Morgan fingerprint density at radius 3 is 2.80 bits per heavy atom. The summed E-state index contributed by atoms with van der Waals surface area (Å²) in [6, 6.07) is 2.74. The van der Waals surface area contributed by atoms with Gasteiger partial charge in [0.2, 0.25) is 15.8 Å². The molecule has 7 nitrogen and oxygen atoms in total. The van der Waals surface area contributed by atoms with Crippen LogP contribution in [0.3, 0.4) is 0 Å². The Balaban J connectivity index is 2.55. The highest BCUT2D eigenvalue weighted by Crippen LogP contribution is 2.30. The number of benzene rings is 1. The van der Waals surface area contributed by atoms with Crippen molar-refractivity contribution in [1.29, 1.82) is 0 Å². The molecule has 1 saturated heterocycles. The molecule has 1 fully saturated rings. The zero-order valence-corrected chi connectivity index (χ0v) is 11.6. The summed E-state index contributed by atoms with van der Waals surface area (Å²) in [6.45, 7) is 2.78. The van der Waals surface area contributed by atoms with Crippen LogP contribution in [0.25, 0.3) is 0 Å². The number of hydrogen-bond donors (Lipinski definition) is 1. The van der Waals surface area contributed by atoms with E-state index < -0.39 is 31.3 Å². The number of halogens is 1. The van der Waals surface area contributed by atoms with Gasteiger partial charge in [-0.25, -0.2) is 8.42 Å². The molecule has 2 rings (SSSR count). The van der Waals surface area contributed by atoms with Crippen molar-refractivity contribution in [3.8, 4) is 0 Å². The van der Waals surface area contributed by atoms with Crippen LogP contribution in [0, 0.1) is 15.9 Å². The van der Waals surface area contributed by atoms with E-state index in [9.17, 15) is 22.9 Å². The van der Waals surface area contributed by atoms with Crippen molar-refractivity contribution in [1.82, 2.24) is 9.62 Å². The molecule has 0 spiro atoms. The van der Waals surface area contributed by atoms with Crippen molar-refractivity contribution < 1.29 is 17.7 Å². The fraction of sp³-hybridized carbons (Fsp3) is 0.455. The summed E-state index contributed by atoms with van der Waals surface area (Å²) in [5, 5.41) is 13.9. The van der Waals surface area contributed by atoms with Crippen LogP contribution in [0.2, 0.25) is 0 Å². The van der Waals surface area contributed by atoms with Crippen molar-refractivity contribution in [3.05, 3.63) is 34.1 Å². The average molecular weight is 303 g/mol. The van der Waals surface area contributed by atoms with Crippen molar-refractivity contribution in [2.45, 2.75) is 17.9 Å². The van der Waals surface area contributed by atoms with Crippen LogP contribution in [0.15, 0.2) is 23.1 Å². The van der Waals surface area contributed by atoms with E-state index in [-0.39, 0.29) is 12.6 Å². The number of para-hydroxylation sites is 1. The Kier molecular flexibility index (Phi) is 4.02. The monoisotopic (exact) mass is 303 g/mol. The van der Waals surface area contributed by atoms with Crippen molar-refractivity contribution in [2.24, 2.45) is 0 Å². The maximum absolute atomic E-state index is 13.6. The molecular weight excluding hydrogens is 289 g/mol. The minimum absolute atomic E-state index is 0.192.